The molecule has 33 heavy (non-hydrogen) atoms. The summed E-state index contributed by atoms with van der Waals surface area (Å²) < 4.78 is 28.6. The average molecular weight is 458 g/mol. The zero-order valence-corrected chi connectivity index (χ0v) is 19.0. The number of rotatable bonds is 7. The van der Waals surface area contributed by atoms with Gasteiger partial charge in [0.2, 0.25) is 0 Å². The van der Waals surface area contributed by atoms with Crippen molar-refractivity contribution in [3.05, 3.63) is 65.7 Å². The number of hydrogen-bond donors (Lipinski definition) is 2. The van der Waals surface area contributed by atoms with Gasteiger partial charge < -0.3 is 15.3 Å². The van der Waals surface area contributed by atoms with Crippen molar-refractivity contribution in [3.8, 4) is 0 Å². The normalized spacial score (nSPS) is 19.4. The molecule has 2 fully saturated rings. The fourth-order valence-electron chi connectivity index (χ4n) is 4.92. The van der Waals surface area contributed by atoms with Crippen LogP contribution in [0.15, 0.2) is 48.5 Å². The Hall–Kier alpha value is -2.35. The van der Waals surface area contributed by atoms with Crippen LogP contribution in [0.3, 0.4) is 0 Å². The largest absolute Gasteiger partial charge is 0.380 e. The molecule has 2 aromatic carbocycles. The summed E-state index contributed by atoms with van der Waals surface area (Å²) in [5.74, 6) is -1.39. The number of hydrogen-bond acceptors (Lipinski definition) is 4. The number of nitrogens with one attached hydrogen (secondary N) is 1. The third-order valence-electron chi connectivity index (χ3n) is 6.99. The van der Waals surface area contributed by atoms with Crippen LogP contribution >= 0.6 is 0 Å². The molecule has 1 amide bonds. The number of halogens is 2. The van der Waals surface area contributed by atoms with Crippen LogP contribution in [-0.4, -0.2) is 54.2 Å². The number of aliphatic hydroxyl groups is 1. The van der Waals surface area contributed by atoms with Crippen molar-refractivity contribution < 1.29 is 18.7 Å². The number of likely N-dealkylation sites (tertiary alicyclic amines) is 1. The van der Waals surface area contributed by atoms with E-state index < -0.39 is 23.1 Å². The molecule has 0 unspecified atom stereocenters. The minimum Gasteiger partial charge on any atom is -0.380 e. The molecule has 2 saturated heterocycles. The van der Waals surface area contributed by atoms with Crippen LogP contribution in [-0.2, 0) is 11.3 Å². The summed E-state index contributed by atoms with van der Waals surface area (Å²) >= 11 is 0. The molecule has 178 valence electrons. The molecule has 0 spiro atoms. The average Bonchev–Trinajstić information content (AvgIpc) is 2.83. The maximum absolute atomic E-state index is 14.6. The Balaban J connectivity index is 1.40. The van der Waals surface area contributed by atoms with Crippen LogP contribution in [0.1, 0.15) is 37.7 Å². The molecular formula is C26H33F2N3O2. The van der Waals surface area contributed by atoms with E-state index in [1.807, 2.05) is 6.07 Å². The third-order valence-corrected chi connectivity index (χ3v) is 6.99. The molecule has 0 aromatic heterocycles. The molecule has 2 aromatic rings. The maximum Gasteiger partial charge on any atom is 0.259 e. The van der Waals surface area contributed by atoms with Gasteiger partial charge in [-0.1, -0.05) is 30.3 Å². The summed E-state index contributed by atoms with van der Waals surface area (Å²) in [7, 11) is 0. The number of nitrogens with zero attached hydrogens (tertiary/aromatic N) is 2. The number of carbonyl (C=O) groups is 1. The van der Waals surface area contributed by atoms with Crippen molar-refractivity contribution in [3.63, 3.8) is 0 Å². The van der Waals surface area contributed by atoms with Crippen molar-refractivity contribution in [1.82, 2.24) is 10.2 Å². The van der Waals surface area contributed by atoms with E-state index >= 15 is 0 Å². The number of carbonyl (C=O) groups excluding carboxylic acids is 1. The van der Waals surface area contributed by atoms with E-state index in [0.29, 0.717) is 25.4 Å². The van der Waals surface area contributed by atoms with Crippen LogP contribution in [0, 0.1) is 17.6 Å². The molecule has 0 atom stereocenters. The Morgan fingerprint density at radius 3 is 2.48 bits per heavy atom. The monoisotopic (exact) mass is 457 g/mol. The fourth-order valence-corrected chi connectivity index (χ4v) is 4.92. The highest BCUT2D eigenvalue weighted by atomic mass is 19.1. The molecule has 2 aliphatic rings. The smallest absolute Gasteiger partial charge is 0.259 e. The molecule has 0 radical (unpaired) electrons. The van der Waals surface area contributed by atoms with Gasteiger partial charge in [-0.15, -0.1) is 0 Å². The summed E-state index contributed by atoms with van der Waals surface area (Å²) in [5.41, 5.74) is -0.346. The molecule has 0 saturated carbocycles. The second kappa shape index (κ2) is 10.7. The molecular weight excluding hydrogens is 424 g/mol. The Labute approximate surface area is 194 Å². The number of anilines is 1. The Morgan fingerprint density at radius 2 is 1.79 bits per heavy atom. The van der Waals surface area contributed by atoms with E-state index in [0.717, 1.165) is 50.7 Å². The zero-order chi connectivity index (χ0) is 23.3. The van der Waals surface area contributed by atoms with Crippen molar-refractivity contribution in [1.29, 1.82) is 0 Å². The summed E-state index contributed by atoms with van der Waals surface area (Å²) in [6.45, 7) is 4.16. The second-order valence-corrected chi connectivity index (χ2v) is 9.33. The molecule has 0 bridgehead atoms. The number of piperidine rings is 2. The van der Waals surface area contributed by atoms with Crippen molar-refractivity contribution >= 4 is 11.6 Å². The predicted octanol–water partition coefficient (Wildman–Crippen LogP) is 3.71. The van der Waals surface area contributed by atoms with Crippen LogP contribution in [0.5, 0.6) is 0 Å². The highest BCUT2D eigenvalue weighted by molar-refractivity contribution is 5.99. The Kier molecular flexibility index (Phi) is 7.73. The van der Waals surface area contributed by atoms with E-state index in [2.05, 4.69) is 34.5 Å². The minimum atomic E-state index is -1.55. The second-order valence-electron chi connectivity index (χ2n) is 9.33. The van der Waals surface area contributed by atoms with Gasteiger partial charge in [-0.2, -0.15) is 0 Å². The lowest BCUT2D eigenvalue weighted by molar-refractivity contribution is -0.139. The van der Waals surface area contributed by atoms with Crippen molar-refractivity contribution in [2.45, 2.75) is 44.2 Å². The van der Waals surface area contributed by atoms with Crippen molar-refractivity contribution in [2.75, 3.05) is 37.6 Å². The molecule has 0 aliphatic carbocycles. The molecule has 4 rings (SSSR count). The number of benzene rings is 2. The van der Waals surface area contributed by atoms with Gasteiger partial charge in [-0.05, 0) is 81.9 Å². The van der Waals surface area contributed by atoms with Gasteiger partial charge in [0.05, 0.1) is 5.69 Å². The maximum atomic E-state index is 14.6. The van der Waals surface area contributed by atoms with Gasteiger partial charge >= 0.3 is 0 Å². The lowest BCUT2D eigenvalue weighted by Crippen LogP contribution is -2.55. The predicted molar refractivity (Wildman–Crippen MR) is 125 cm³/mol. The lowest BCUT2D eigenvalue weighted by Gasteiger charge is -2.37. The van der Waals surface area contributed by atoms with Crippen LogP contribution in [0.4, 0.5) is 14.5 Å². The van der Waals surface area contributed by atoms with Crippen LogP contribution < -0.4 is 10.2 Å². The van der Waals surface area contributed by atoms with Crippen LogP contribution in [0.25, 0.3) is 0 Å². The first-order valence-corrected chi connectivity index (χ1v) is 11.9. The van der Waals surface area contributed by atoms with Gasteiger partial charge in [0, 0.05) is 19.2 Å². The molecule has 2 N–H and O–H groups in total. The van der Waals surface area contributed by atoms with Gasteiger partial charge in [0.1, 0.15) is 17.2 Å². The van der Waals surface area contributed by atoms with Crippen molar-refractivity contribution in [2.24, 2.45) is 5.92 Å². The van der Waals surface area contributed by atoms with Crippen LogP contribution in [0.2, 0.25) is 0 Å². The van der Waals surface area contributed by atoms with Gasteiger partial charge in [0.15, 0.2) is 0 Å². The standard InChI is InChI=1S/C26H33F2N3O2/c27-22-6-7-23(28)24(18-22)31(25(32)26(33)11-13-29-14-12-26)17-10-20-8-15-30(16-9-20)19-21-4-2-1-3-5-21/h1-7,18,20,29,33H,8-17,19H2. The molecule has 7 heteroatoms. The van der Waals surface area contributed by atoms with E-state index in [4.69, 9.17) is 0 Å². The van der Waals surface area contributed by atoms with E-state index in [9.17, 15) is 18.7 Å². The number of amides is 1. The van der Waals surface area contributed by atoms with Gasteiger partial charge in [-0.3, -0.25) is 9.69 Å². The lowest BCUT2D eigenvalue weighted by atomic mass is 9.89. The Morgan fingerprint density at radius 1 is 1.09 bits per heavy atom. The molecule has 5 nitrogen and oxygen atoms in total. The minimum absolute atomic E-state index is 0.0894. The topological polar surface area (TPSA) is 55.8 Å². The molecule has 2 aliphatic heterocycles. The fraction of sp³-hybridized carbons (Fsp3) is 0.500. The zero-order valence-electron chi connectivity index (χ0n) is 19.0. The highest BCUT2D eigenvalue weighted by Crippen LogP contribution is 2.30. The van der Waals surface area contributed by atoms with Gasteiger partial charge in [0.25, 0.3) is 5.91 Å². The molecule has 2 heterocycles. The Bertz CT molecular complexity index is 926. The summed E-state index contributed by atoms with van der Waals surface area (Å²) in [4.78, 5) is 17.1. The van der Waals surface area contributed by atoms with E-state index in [1.165, 1.54) is 10.5 Å². The first kappa shape index (κ1) is 23.8. The van der Waals surface area contributed by atoms with E-state index in [-0.39, 0.29) is 25.1 Å². The SMILES string of the molecule is O=C(N(CCC1CCN(Cc2ccccc2)CC1)c1cc(F)ccc1F)C1(O)CCNCC1. The van der Waals surface area contributed by atoms with E-state index in [1.54, 1.807) is 0 Å². The summed E-state index contributed by atoms with van der Waals surface area (Å²) in [6, 6.07) is 13.5. The first-order chi connectivity index (χ1) is 15.9. The highest BCUT2D eigenvalue weighted by Gasteiger charge is 2.41. The quantitative estimate of drug-likeness (QED) is 0.666. The summed E-state index contributed by atoms with van der Waals surface area (Å²) in [6.07, 6.45) is 3.20. The first-order valence-electron chi connectivity index (χ1n) is 11.9. The summed E-state index contributed by atoms with van der Waals surface area (Å²) in [5, 5.41) is 14.1. The third kappa shape index (κ3) is 5.96. The van der Waals surface area contributed by atoms with Gasteiger partial charge in [-0.25, -0.2) is 8.78 Å².